The highest BCUT2D eigenvalue weighted by Crippen LogP contribution is 2.37. The van der Waals surface area contributed by atoms with E-state index >= 15 is 0 Å². The molecule has 2 aliphatic heterocycles. The van der Waals surface area contributed by atoms with E-state index in [1.54, 1.807) is 5.57 Å². The topological polar surface area (TPSA) is 36.1 Å². The third-order valence-electron chi connectivity index (χ3n) is 5.49. The lowest BCUT2D eigenvalue weighted by atomic mass is 9.93. The summed E-state index contributed by atoms with van der Waals surface area (Å²) < 4.78 is 0. The summed E-state index contributed by atoms with van der Waals surface area (Å²) in [5.74, 6) is 0.908. The van der Waals surface area contributed by atoms with Gasteiger partial charge in [0, 0.05) is 24.2 Å². The van der Waals surface area contributed by atoms with Gasteiger partial charge in [0.1, 0.15) is 0 Å². The van der Waals surface area contributed by atoms with Gasteiger partial charge in [-0.05, 0) is 51.4 Å². The van der Waals surface area contributed by atoms with Gasteiger partial charge in [0.15, 0.2) is 0 Å². The van der Waals surface area contributed by atoms with Crippen LogP contribution in [0.2, 0.25) is 0 Å². The van der Waals surface area contributed by atoms with Crippen LogP contribution in [0.3, 0.4) is 0 Å². The van der Waals surface area contributed by atoms with Gasteiger partial charge in [-0.15, -0.1) is 0 Å². The van der Waals surface area contributed by atoms with Gasteiger partial charge >= 0.3 is 0 Å². The van der Waals surface area contributed by atoms with Crippen LogP contribution in [0.5, 0.6) is 0 Å². The molecule has 100 valence electrons. The summed E-state index contributed by atoms with van der Waals surface area (Å²) in [5.41, 5.74) is 1.57. The molecule has 2 aliphatic carbocycles. The summed E-state index contributed by atoms with van der Waals surface area (Å²) in [7, 11) is 0. The first-order valence-corrected chi connectivity index (χ1v) is 7.73. The van der Waals surface area contributed by atoms with Crippen molar-refractivity contribution in [2.45, 2.75) is 75.8 Å². The fraction of sp³-hybridized carbons (Fsp3) is 0.867. The Kier molecular flexibility index (Phi) is 2.75. The molecule has 6 unspecified atom stereocenters. The van der Waals surface area contributed by atoms with Crippen LogP contribution < -0.4 is 16.0 Å². The van der Waals surface area contributed by atoms with Crippen molar-refractivity contribution < 1.29 is 0 Å². The Morgan fingerprint density at radius 3 is 2.67 bits per heavy atom. The summed E-state index contributed by atoms with van der Waals surface area (Å²) in [6.45, 7) is 2.28. The van der Waals surface area contributed by atoms with Crippen LogP contribution in [0.4, 0.5) is 0 Å². The van der Waals surface area contributed by atoms with Crippen LogP contribution in [-0.2, 0) is 0 Å². The molecule has 4 bridgehead atoms. The van der Waals surface area contributed by atoms with E-state index in [9.17, 15) is 0 Å². The predicted octanol–water partition coefficient (Wildman–Crippen LogP) is 1.51. The number of piperidine rings is 1. The van der Waals surface area contributed by atoms with Crippen LogP contribution >= 0.6 is 0 Å². The first kappa shape index (κ1) is 11.4. The summed E-state index contributed by atoms with van der Waals surface area (Å²) >= 11 is 0. The van der Waals surface area contributed by atoms with Crippen molar-refractivity contribution in [2.24, 2.45) is 5.92 Å². The molecule has 0 amide bonds. The first-order valence-electron chi connectivity index (χ1n) is 7.73. The lowest BCUT2D eigenvalue weighted by Crippen LogP contribution is -2.65. The largest absolute Gasteiger partial charge is 0.308 e. The summed E-state index contributed by atoms with van der Waals surface area (Å²) in [4.78, 5) is 0. The van der Waals surface area contributed by atoms with E-state index in [0.29, 0.717) is 18.2 Å². The molecule has 0 spiro atoms. The zero-order chi connectivity index (χ0) is 12.1. The monoisotopic (exact) mass is 247 g/mol. The van der Waals surface area contributed by atoms with Crippen molar-refractivity contribution in [2.75, 3.05) is 0 Å². The number of rotatable bonds is 1. The molecule has 0 aromatic rings. The van der Waals surface area contributed by atoms with Crippen LogP contribution in [0.15, 0.2) is 11.6 Å². The fourth-order valence-electron chi connectivity index (χ4n) is 4.60. The molecule has 3 heteroatoms. The van der Waals surface area contributed by atoms with Crippen molar-refractivity contribution in [1.29, 1.82) is 0 Å². The molecule has 1 saturated carbocycles. The van der Waals surface area contributed by atoms with Gasteiger partial charge in [-0.3, -0.25) is 10.6 Å². The minimum atomic E-state index is 0.492. The molecule has 3 nitrogen and oxygen atoms in total. The minimum absolute atomic E-state index is 0.492. The minimum Gasteiger partial charge on any atom is -0.308 e. The number of fused-ring (bicyclic) bond motifs is 4. The lowest BCUT2D eigenvalue weighted by molar-refractivity contribution is 0.187. The molecule has 0 aromatic carbocycles. The number of hydrogen-bond donors (Lipinski definition) is 3. The Morgan fingerprint density at radius 1 is 1.00 bits per heavy atom. The van der Waals surface area contributed by atoms with E-state index in [0.717, 1.165) is 18.0 Å². The Morgan fingerprint density at radius 2 is 1.89 bits per heavy atom. The fourth-order valence-corrected chi connectivity index (χ4v) is 4.60. The second kappa shape index (κ2) is 4.32. The molecule has 0 aromatic heterocycles. The smallest absolute Gasteiger partial charge is 0.0739 e. The van der Waals surface area contributed by atoms with Gasteiger partial charge in [-0.2, -0.15) is 0 Å². The highest BCUT2D eigenvalue weighted by atomic mass is 15.2. The maximum atomic E-state index is 3.87. The molecule has 3 fully saturated rings. The van der Waals surface area contributed by atoms with E-state index in [1.165, 1.54) is 38.5 Å². The van der Waals surface area contributed by atoms with Crippen molar-refractivity contribution in [3.8, 4) is 0 Å². The quantitative estimate of drug-likeness (QED) is 0.615. The third kappa shape index (κ3) is 1.93. The molecule has 4 aliphatic rings. The van der Waals surface area contributed by atoms with Gasteiger partial charge < -0.3 is 5.32 Å². The number of nitrogens with one attached hydrogen (secondary N) is 3. The van der Waals surface area contributed by atoms with E-state index in [-0.39, 0.29) is 0 Å². The van der Waals surface area contributed by atoms with E-state index in [1.807, 2.05) is 0 Å². The number of hydrogen-bond acceptors (Lipinski definition) is 3. The maximum Gasteiger partial charge on any atom is 0.0739 e. The van der Waals surface area contributed by atoms with Gasteiger partial charge in [0.2, 0.25) is 0 Å². The molecule has 18 heavy (non-hydrogen) atoms. The second-order valence-electron chi connectivity index (χ2n) is 6.86. The molecule has 2 saturated heterocycles. The standard InChI is InChI=1S/C15H25N3/c1-9-2-4-12-8-13(6-9)18-15(17-12)14-10-3-5-11(7-10)16-14/h6,10-18H,2-5,7-8H2,1H3. The van der Waals surface area contributed by atoms with Crippen LogP contribution in [0, 0.1) is 5.92 Å². The molecule has 0 radical (unpaired) electrons. The molecule has 3 N–H and O–H groups in total. The average Bonchev–Trinajstić information content (AvgIpc) is 2.95. The van der Waals surface area contributed by atoms with Gasteiger partial charge in [0.25, 0.3) is 0 Å². The van der Waals surface area contributed by atoms with Crippen molar-refractivity contribution in [3.05, 3.63) is 11.6 Å². The highest BCUT2D eigenvalue weighted by Gasteiger charge is 2.44. The summed E-state index contributed by atoms with van der Waals surface area (Å²) in [6.07, 6.45) is 11.1. The Hall–Kier alpha value is -0.380. The van der Waals surface area contributed by atoms with E-state index < -0.39 is 0 Å². The van der Waals surface area contributed by atoms with Crippen LogP contribution in [0.1, 0.15) is 45.4 Å². The van der Waals surface area contributed by atoms with Crippen LogP contribution in [-0.4, -0.2) is 30.3 Å². The second-order valence-corrected chi connectivity index (χ2v) is 6.86. The molecular weight excluding hydrogens is 222 g/mol. The molecule has 6 atom stereocenters. The normalized spacial score (nSPS) is 51.1. The Labute approximate surface area is 110 Å². The maximum absolute atomic E-state index is 3.87. The van der Waals surface area contributed by atoms with E-state index in [4.69, 9.17) is 0 Å². The van der Waals surface area contributed by atoms with Crippen molar-refractivity contribution in [3.63, 3.8) is 0 Å². The van der Waals surface area contributed by atoms with Crippen LogP contribution in [0.25, 0.3) is 0 Å². The highest BCUT2D eigenvalue weighted by molar-refractivity contribution is 5.13. The zero-order valence-electron chi connectivity index (χ0n) is 11.3. The van der Waals surface area contributed by atoms with Gasteiger partial charge in [-0.25, -0.2) is 0 Å². The molecule has 2 heterocycles. The van der Waals surface area contributed by atoms with Crippen molar-refractivity contribution in [1.82, 2.24) is 16.0 Å². The first-order chi connectivity index (χ1) is 8.78. The predicted molar refractivity (Wildman–Crippen MR) is 73.3 cm³/mol. The average molecular weight is 247 g/mol. The Bertz CT molecular complexity index is 365. The molecule has 4 rings (SSSR count). The van der Waals surface area contributed by atoms with E-state index in [2.05, 4.69) is 29.0 Å². The van der Waals surface area contributed by atoms with Gasteiger partial charge in [0.05, 0.1) is 6.17 Å². The lowest BCUT2D eigenvalue weighted by Gasteiger charge is -2.41. The summed E-state index contributed by atoms with van der Waals surface area (Å²) in [5, 5.41) is 11.5. The molecular formula is C15H25N3. The SMILES string of the molecule is CC1=CC2CC(CC1)NC(C1NC3CCC1C3)N2. The Balaban J connectivity index is 1.50. The van der Waals surface area contributed by atoms with Crippen molar-refractivity contribution >= 4 is 0 Å². The third-order valence-corrected chi connectivity index (χ3v) is 5.49. The number of allylic oxidation sites excluding steroid dienone is 1. The summed E-state index contributed by atoms with van der Waals surface area (Å²) in [6, 6.07) is 2.80. The zero-order valence-corrected chi connectivity index (χ0v) is 11.3. The van der Waals surface area contributed by atoms with Gasteiger partial charge in [-0.1, -0.05) is 11.6 Å².